The highest BCUT2D eigenvalue weighted by atomic mass is 32.2. The van der Waals surface area contributed by atoms with Crippen molar-refractivity contribution >= 4 is 21.4 Å². The topological polar surface area (TPSA) is 82.0 Å². The summed E-state index contributed by atoms with van der Waals surface area (Å²) in [6.07, 6.45) is 0. The summed E-state index contributed by atoms with van der Waals surface area (Å²) in [5.74, 6) is -0.806. The molecule has 5 nitrogen and oxygen atoms in total. The number of halogens is 1. The van der Waals surface area contributed by atoms with E-state index in [-0.39, 0.29) is 10.8 Å². The van der Waals surface area contributed by atoms with Crippen molar-refractivity contribution in [3.8, 4) is 6.07 Å². The van der Waals surface area contributed by atoms with Crippen LogP contribution in [0.3, 0.4) is 0 Å². The summed E-state index contributed by atoms with van der Waals surface area (Å²) >= 11 is 0. The lowest BCUT2D eigenvalue weighted by Crippen LogP contribution is -2.14. The summed E-state index contributed by atoms with van der Waals surface area (Å²) in [5, 5.41) is 12.3. The number of hydrogen-bond donors (Lipinski definition) is 2. The summed E-state index contributed by atoms with van der Waals surface area (Å²) in [7, 11) is -3.83. The fourth-order valence-electron chi connectivity index (χ4n) is 2.68. The molecule has 7 heteroatoms. The Morgan fingerprint density at radius 2 is 1.96 bits per heavy atom. The van der Waals surface area contributed by atoms with Crippen LogP contribution in [-0.4, -0.2) is 15.0 Å². The van der Waals surface area contributed by atoms with Crippen LogP contribution in [0.4, 0.5) is 15.8 Å². The van der Waals surface area contributed by atoms with E-state index in [9.17, 15) is 18.1 Å². The van der Waals surface area contributed by atoms with Crippen LogP contribution in [-0.2, 0) is 10.0 Å². The molecule has 0 aliphatic carbocycles. The summed E-state index contributed by atoms with van der Waals surface area (Å²) < 4.78 is 40.3. The minimum Gasteiger partial charge on any atom is -0.381 e. The number of benzene rings is 2. The molecule has 1 aliphatic rings. The molecule has 0 amide bonds. The number of nitrogens with one attached hydrogen (secondary N) is 2. The highest BCUT2D eigenvalue weighted by Gasteiger charge is 2.27. The average Bonchev–Trinajstić information content (AvgIpc) is 2.95. The van der Waals surface area contributed by atoms with Crippen LogP contribution in [0.2, 0.25) is 0 Å². The molecule has 2 aromatic rings. The van der Waals surface area contributed by atoms with Gasteiger partial charge in [0.2, 0.25) is 0 Å². The summed E-state index contributed by atoms with van der Waals surface area (Å²) in [4.78, 5) is -0.0249. The van der Waals surface area contributed by atoms with Gasteiger partial charge in [-0.1, -0.05) is 6.07 Å². The molecule has 0 spiro atoms. The summed E-state index contributed by atoms with van der Waals surface area (Å²) in [5.41, 5.74) is 2.75. The number of hydrogen-bond acceptors (Lipinski definition) is 4. The van der Waals surface area contributed by atoms with E-state index < -0.39 is 15.8 Å². The van der Waals surface area contributed by atoms with E-state index in [4.69, 9.17) is 0 Å². The summed E-state index contributed by atoms with van der Waals surface area (Å²) in [6, 6.07) is 10.2. The minimum absolute atomic E-state index is 0.0249. The first kappa shape index (κ1) is 15.3. The molecule has 118 valence electrons. The Morgan fingerprint density at radius 1 is 1.26 bits per heavy atom. The SMILES string of the molecule is Cc1ccc(NS(=O)(=O)c2ccc(F)cc2)c2c1C(C#N)CN2. The van der Waals surface area contributed by atoms with Gasteiger partial charge in [0.05, 0.1) is 28.3 Å². The third kappa shape index (κ3) is 2.73. The Balaban J connectivity index is 2.00. The molecule has 0 fully saturated rings. The standard InChI is InChI=1S/C16H14FN3O2S/c1-10-2-7-14(16-15(10)11(8-18)9-19-16)20-23(21,22)13-5-3-12(17)4-6-13/h2-7,11,19-20H,9H2,1H3. The van der Waals surface area contributed by atoms with Gasteiger partial charge in [0, 0.05) is 6.54 Å². The van der Waals surface area contributed by atoms with E-state index in [1.54, 1.807) is 12.1 Å². The Hall–Kier alpha value is -2.59. The second-order valence-electron chi connectivity index (χ2n) is 5.34. The van der Waals surface area contributed by atoms with Gasteiger partial charge in [-0.05, 0) is 48.4 Å². The molecule has 0 saturated heterocycles. The van der Waals surface area contributed by atoms with Gasteiger partial charge in [-0.2, -0.15) is 5.26 Å². The van der Waals surface area contributed by atoms with Crippen molar-refractivity contribution in [2.75, 3.05) is 16.6 Å². The first-order chi connectivity index (χ1) is 10.9. The van der Waals surface area contributed by atoms with Crippen molar-refractivity contribution in [3.05, 3.63) is 53.3 Å². The number of anilines is 2. The van der Waals surface area contributed by atoms with Gasteiger partial charge >= 0.3 is 0 Å². The van der Waals surface area contributed by atoms with Gasteiger partial charge in [-0.3, -0.25) is 4.72 Å². The van der Waals surface area contributed by atoms with E-state index in [0.717, 1.165) is 23.3 Å². The van der Waals surface area contributed by atoms with Crippen molar-refractivity contribution < 1.29 is 12.8 Å². The van der Waals surface area contributed by atoms with Crippen LogP contribution < -0.4 is 10.0 Å². The van der Waals surface area contributed by atoms with Crippen molar-refractivity contribution in [2.24, 2.45) is 0 Å². The number of rotatable bonds is 3. The molecule has 3 rings (SSSR count). The number of sulfonamides is 1. The lowest BCUT2D eigenvalue weighted by molar-refractivity contribution is 0.599. The lowest BCUT2D eigenvalue weighted by atomic mass is 9.97. The van der Waals surface area contributed by atoms with Crippen molar-refractivity contribution in [1.29, 1.82) is 5.26 Å². The van der Waals surface area contributed by atoms with Gasteiger partial charge in [0.25, 0.3) is 10.0 Å². The normalized spacial score (nSPS) is 16.3. The van der Waals surface area contributed by atoms with Crippen LogP contribution in [0.25, 0.3) is 0 Å². The van der Waals surface area contributed by atoms with E-state index >= 15 is 0 Å². The Labute approximate surface area is 133 Å². The summed E-state index contributed by atoms with van der Waals surface area (Å²) in [6.45, 7) is 2.33. The van der Waals surface area contributed by atoms with Crippen molar-refractivity contribution in [3.63, 3.8) is 0 Å². The predicted octanol–water partition coefficient (Wildman–Crippen LogP) is 2.97. The molecule has 0 saturated carbocycles. The maximum atomic E-state index is 13.0. The molecule has 0 aromatic heterocycles. The third-order valence-electron chi connectivity index (χ3n) is 3.82. The number of fused-ring (bicyclic) bond motifs is 1. The van der Waals surface area contributed by atoms with Crippen LogP contribution >= 0.6 is 0 Å². The molecular formula is C16H14FN3O2S. The predicted molar refractivity (Wildman–Crippen MR) is 85.2 cm³/mol. The lowest BCUT2D eigenvalue weighted by Gasteiger charge is -2.14. The molecule has 1 atom stereocenters. The quantitative estimate of drug-likeness (QED) is 0.906. The molecule has 1 unspecified atom stereocenters. The van der Waals surface area contributed by atoms with E-state index in [0.29, 0.717) is 17.9 Å². The van der Waals surface area contributed by atoms with Gasteiger partial charge in [0.1, 0.15) is 5.82 Å². The molecule has 1 heterocycles. The zero-order valence-electron chi connectivity index (χ0n) is 12.3. The van der Waals surface area contributed by atoms with E-state index in [1.807, 2.05) is 6.92 Å². The molecular weight excluding hydrogens is 317 g/mol. The smallest absolute Gasteiger partial charge is 0.261 e. The Bertz CT molecular complexity index is 902. The van der Waals surface area contributed by atoms with Gasteiger partial charge in [0.15, 0.2) is 0 Å². The molecule has 0 bridgehead atoms. The zero-order valence-corrected chi connectivity index (χ0v) is 13.1. The Morgan fingerprint density at radius 3 is 2.61 bits per heavy atom. The van der Waals surface area contributed by atoms with Crippen LogP contribution in [0.5, 0.6) is 0 Å². The number of nitrogens with zero attached hydrogens (tertiary/aromatic N) is 1. The van der Waals surface area contributed by atoms with Gasteiger partial charge < -0.3 is 5.32 Å². The number of nitriles is 1. The van der Waals surface area contributed by atoms with Crippen molar-refractivity contribution in [2.45, 2.75) is 17.7 Å². The maximum Gasteiger partial charge on any atom is 0.261 e. The third-order valence-corrected chi connectivity index (χ3v) is 5.20. The molecule has 2 aromatic carbocycles. The highest BCUT2D eigenvalue weighted by Crippen LogP contribution is 2.40. The number of aryl methyl sites for hydroxylation is 1. The maximum absolute atomic E-state index is 13.0. The molecule has 23 heavy (non-hydrogen) atoms. The highest BCUT2D eigenvalue weighted by molar-refractivity contribution is 7.92. The van der Waals surface area contributed by atoms with Crippen LogP contribution in [0.15, 0.2) is 41.3 Å². The fraction of sp³-hybridized carbons (Fsp3) is 0.188. The fourth-order valence-corrected chi connectivity index (χ4v) is 3.75. The molecule has 0 radical (unpaired) electrons. The van der Waals surface area contributed by atoms with E-state index in [1.165, 1.54) is 12.1 Å². The molecule has 1 aliphatic heterocycles. The first-order valence-electron chi connectivity index (χ1n) is 6.98. The minimum atomic E-state index is -3.83. The first-order valence-corrected chi connectivity index (χ1v) is 8.46. The molecule has 2 N–H and O–H groups in total. The second kappa shape index (κ2) is 5.56. The van der Waals surface area contributed by atoms with E-state index in [2.05, 4.69) is 16.1 Å². The monoisotopic (exact) mass is 331 g/mol. The second-order valence-corrected chi connectivity index (χ2v) is 7.02. The van der Waals surface area contributed by atoms with Crippen LogP contribution in [0.1, 0.15) is 17.0 Å². The average molecular weight is 331 g/mol. The van der Waals surface area contributed by atoms with Crippen LogP contribution in [0, 0.1) is 24.1 Å². The zero-order chi connectivity index (χ0) is 16.6. The van der Waals surface area contributed by atoms with Crippen molar-refractivity contribution in [1.82, 2.24) is 0 Å². The van der Waals surface area contributed by atoms with Gasteiger partial charge in [-0.15, -0.1) is 0 Å². The van der Waals surface area contributed by atoms with Gasteiger partial charge in [-0.25, -0.2) is 12.8 Å². The Kier molecular flexibility index (Phi) is 3.70. The largest absolute Gasteiger partial charge is 0.381 e.